The summed E-state index contributed by atoms with van der Waals surface area (Å²) in [6.07, 6.45) is -0.288. The first-order valence-electron chi connectivity index (χ1n) is 10.4. The van der Waals surface area contributed by atoms with E-state index in [1.807, 2.05) is 6.92 Å². The van der Waals surface area contributed by atoms with E-state index in [4.69, 9.17) is 11.1 Å². The number of hydrogen-bond acceptors (Lipinski definition) is 7. The van der Waals surface area contributed by atoms with Gasteiger partial charge in [0.15, 0.2) is 5.96 Å². The zero-order valence-corrected chi connectivity index (χ0v) is 18.2. The minimum absolute atomic E-state index is 0.00328. The zero-order chi connectivity index (χ0) is 22.6. The molecule has 4 aliphatic rings. The fourth-order valence-corrected chi connectivity index (χ4v) is 6.40. The highest BCUT2D eigenvalue weighted by Crippen LogP contribution is 2.51. The van der Waals surface area contributed by atoms with E-state index < -0.39 is 18.0 Å². The molecule has 0 unspecified atom stereocenters. The number of carboxylic acids is 1. The molecule has 3 saturated heterocycles. The predicted molar refractivity (Wildman–Crippen MR) is 113 cm³/mol. The maximum absolute atomic E-state index is 12.5. The summed E-state index contributed by atoms with van der Waals surface area (Å²) in [6.45, 7) is 5.04. The number of carboxylic acid groups (broad SMARTS) is 1. The van der Waals surface area contributed by atoms with Crippen LogP contribution in [0.15, 0.2) is 10.6 Å². The summed E-state index contributed by atoms with van der Waals surface area (Å²) >= 11 is 1.41. The topological polar surface area (TPSA) is 172 Å². The summed E-state index contributed by atoms with van der Waals surface area (Å²) in [6, 6.07) is -0.747. The number of amides is 2. The van der Waals surface area contributed by atoms with E-state index in [2.05, 4.69) is 10.6 Å². The fraction of sp³-hybridized carbons (Fsp3) is 0.684. The molecule has 12 heteroatoms. The van der Waals surface area contributed by atoms with E-state index in [1.54, 1.807) is 11.8 Å². The van der Waals surface area contributed by atoms with Crippen molar-refractivity contribution in [1.82, 2.24) is 20.4 Å². The number of nitrogens with two attached hydrogens (primary N) is 1. The number of thioether (sulfide) groups is 1. The lowest BCUT2D eigenvalue weighted by Gasteiger charge is -2.46. The van der Waals surface area contributed by atoms with Gasteiger partial charge in [-0.1, -0.05) is 6.92 Å². The second-order valence-corrected chi connectivity index (χ2v) is 10.0. The lowest BCUT2D eigenvalue weighted by atomic mass is 9.79. The summed E-state index contributed by atoms with van der Waals surface area (Å²) in [5.74, 6) is -2.38. The maximum Gasteiger partial charge on any atom is 0.353 e. The molecule has 3 fully saturated rings. The van der Waals surface area contributed by atoms with Crippen LogP contribution in [0.25, 0.3) is 0 Å². The van der Waals surface area contributed by atoms with Gasteiger partial charge in [-0.05, 0) is 13.3 Å². The highest BCUT2D eigenvalue weighted by molar-refractivity contribution is 8.03. The number of hydrogen-bond donors (Lipinski definition) is 6. The van der Waals surface area contributed by atoms with Crippen molar-refractivity contribution in [1.29, 1.82) is 5.41 Å². The predicted octanol–water partition coefficient (Wildman–Crippen LogP) is -1.70. The van der Waals surface area contributed by atoms with Gasteiger partial charge in [0.1, 0.15) is 5.70 Å². The van der Waals surface area contributed by atoms with Crippen LogP contribution in [0.2, 0.25) is 0 Å². The van der Waals surface area contributed by atoms with Crippen molar-refractivity contribution in [2.45, 2.75) is 49.7 Å². The Labute approximate surface area is 183 Å². The van der Waals surface area contributed by atoms with Gasteiger partial charge in [0.05, 0.1) is 30.1 Å². The van der Waals surface area contributed by atoms with Gasteiger partial charge >= 0.3 is 5.97 Å². The van der Waals surface area contributed by atoms with Gasteiger partial charge in [-0.3, -0.25) is 15.0 Å². The zero-order valence-electron chi connectivity index (χ0n) is 17.4. The second-order valence-electron chi connectivity index (χ2n) is 8.70. The van der Waals surface area contributed by atoms with Crippen LogP contribution in [0.5, 0.6) is 0 Å². The summed E-state index contributed by atoms with van der Waals surface area (Å²) in [4.78, 5) is 40.5. The maximum atomic E-state index is 12.5. The molecule has 6 atom stereocenters. The number of guanidine groups is 1. The van der Waals surface area contributed by atoms with E-state index in [9.17, 15) is 24.6 Å². The first-order chi connectivity index (χ1) is 14.6. The van der Waals surface area contributed by atoms with Gasteiger partial charge in [-0.25, -0.2) is 4.79 Å². The first kappa shape index (κ1) is 21.9. The molecule has 11 nitrogen and oxygen atoms in total. The second kappa shape index (κ2) is 7.99. The Kier molecular flexibility index (Phi) is 5.64. The molecule has 31 heavy (non-hydrogen) atoms. The van der Waals surface area contributed by atoms with Gasteiger partial charge in [0.25, 0.3) is 0 Å². The van der Waals surface area contributed by atoms with Crippen LogP contribution < -0.4 is 16.4 Å². The van der Waals surface area contributed by atoms with E-state index in [0.29, 0.717) is 31.0 Å². The molecule has 0 saturated carbocycles. The van der Waals surface area contributed by atoms with Gasteiger partial charge < -0.3 is 36.4 Å². The minimum Gasteiger partial charge on any atom is -0.477 e. The third-order valence-electron chi connectivity index (χ3n) is 6.58. The Morgan fingerprint density at radius 3 is 2.65 bits per heavy atom. The summed E-state index contributed by atoms with van der Waals surface area (Å²) in [5.41, 5.74) is 5.42. The van der Waals surface area contributed by atoms with Crippen LogP contribution in [-0.2, 0) is 14.4 Å². The average Bonchev–Trinajstić information content (AvgIpc) is 3.20. The Bertz CT molecular complexity index is 857. The molecule has 0 aromatic carbocycles. The number of β-lactam (4-membered cyclic amide) rings is 1. The van der Waals surface area contributed by atoms with Gasteiger partial charge in [-0.2, -0.15) is 0 Å². The highest BCUT2D eigenvalue weighted by Gasteiger charge is 2.60. The number of likely N-dealkylation sites (tertiary alicyclic amines) is 1. The van der Waals surface area contributed by atoms with Crippen LogP contribution in [0, 0.1) is 17.2 Å². The van der Waals surface area contributed by atoms with Gasteiger partial charge in [0.2, 0.25) is 11.8 Å². The van der Waals surface area contributed by atoms with Crippen LogP contribution in [-0.4, -0.2) is 92.9 Å². The summed E-state index contributed by atoms with van der Waals surface area (Å²) in [5, 5.41) is 33.2. The minimum atomic E-state index is -1.14. The SMILES string of the molecule is C[C@@H](O)[C@H]1C(=O)N2C(C(=O)O)=C(S[C@@H]3CN[C@H](C(=O)NC4CN(C(=N)N)C4)C3)[C@H](C)[C@H]12. The van der Waals surface area contributed by atoms with Crippen molar-refractivity contribution >= 4 is 35.5 Å². The normalized spacial score (nSPS) is 33.6. The summed E-state index contributed by atoms with van der Waals surface area (Å²) < 4.78 is 0. The van der Waals surface area contributed by atoms with Gasteiger partial charge in [0, 0.05) is 35.7 Å². The average molecular weight is 453 g/mol. The summed E-state index contributed by atoms with van der Waals surface area (Å²) in [7, 11) is 0. The number of carbonyl (C=O) groups is 3. The molecule has 0 aromatic heterocycles. The quantitative estimate of drug-likeness (QED) is 0.156. The number of aliphatic hydroxyl groups is 1. The molecule has 0 aromatic rings. The van der Waals surface area contributed by atoms with E-state index in [-0.39, 0.29) is 52.8 Å². The van der Waals surface area contributed by atoms with Gasteiger partial charge in [-0.15, -0.1) is 11.8 Å². The lowest BCUT2D eigenvalue weighted by Crippen LogP contribution is -2.63. The monoisotopic (exact) mass is 452 g/mol. The third-order valence-corrected chi connectivity index (χ3v) is 8.09. The molecule has 170 valence electrons. The number of fused-ring (bicyclic) bond motifs is 1. The Morgan fingerprint density at radius 2 is 2.06 bits per heavy atom. The first-order valence-corrected chi connectivity index (χ1v) is 11.3. The van der Waals surface area contributed by atoms with Crippen molar-refractivity contribution < 1.29 is 24.6 Å². The lowest BCUT2D eigenvalue weighted by molar-refractivity contribution is -0.163. The Morgan fingerprint density at radius 1 is 1.39 bits per heavy atom. The van der Waals surface area contributed by atoms with E-state index in [0.717, 1.165) is 0 Å². The highest BCUT2D eigenvalue weighted by atomic mass is 32.2. The number of aliphatic carboxylic acids is 1. The fourth-order valence-electron chi connectivity index (χ4n) is 4.92. The molecule has 0 radical (unpaired) electrons. The molecule has 7 N–H and O–H groups in total. The molecule has 4 heterocycles. The molecule has 0 bridgehead atoms. The van der Waals surface area contributed by atoms with Crippen molar-refractivity contribution in [3.8, 4) is 0 Å². The van der Waals surface area contributed by atoms with Crippen molar-refractivity contribution in [2.75, 3.05) is 19.6 Å². The number of nitrogens with zero attached hydrogens (tertiary/aromatic N) is 2. The molecular formula is C19H28N6O5S. The molecule has 2 amide bonds. The number of nitrogens with one attached hydrogen (secondary N) is 3. The van der Waals surface area contributed by atoms with Crippen molar-refractivity contribution in [2.24, 2.45) is 17.6 Å². The molecular weight excluding hydrogens is 424 g/mol. The number of aliphatic hydroxyl groups excluding tert-OH is 1. The molecule has 4 rings (SSSR count). The van der Waals surface area contributed by atoms with E-state index in [1.165, 1.54) is 16.7 Å². The number of carbonyl (C=O) groups excluding carboxylic acids is 2. The molecule has 0 aliphatic carbocycles. The van der Waals surface area contributed by atoms with Crippen LogP contribution in [0.3, 0.4) is 0 Å². The Balaban J connectivity index is 1.37. The smallest absolute Gasteiger partial charge is 0.353 e. The van der Waals surface area contributed by atoms with Crippen LogP contribution in [0.1, 0.15) is 20.3 Å². The molecule has 4 aliphatic heterocycles. The van der Waals surface area contributed by atoms with Crippen molar-refractivity contribution in [3.63, 3.8) is 0 Å². The number of rotatable bonds is 6. The van der Waals surface area contributed by atoms with Crippen molar-refractivity contribution in [3.05, 3.63) is 10.6 Å². The molecule has 0 spiro atoms. The standard InChI is InChI=1S/C19H28N6O5S/c1-7-13-12(8(2)26)17(28)25(13)14(18(29)30)15(7)31-10-3-11(22-4-10)16(27)23-9-5-24(6-9)19(20)21/h7-13,22,26H,3-6H2,1-2H3,(H3,20,21)(H,23,27)(H,29,30)/t7-,8-,10+,11+,12-,13-/m1/s1. The largest absolute Gasteiger partial charge is 0.477 e. The Hall–Kier alpha value is -2.31. The third kappa shape index (κ3) is 3.66. The van der Waals surface area contributed by atoms with E-state index >= 15 is 0 Å². The van der Waals surface area contributed by atoms with Crippen LogP contribution in [0.4, 0.5) is 0 Å². The van der Waals surface area contributed by atoms with Crippen LogP contribution >= 0.6 is 11.8 Å².